The second-order valence-electron chi connectivity index (χ2n) is 7.44. The van der Waals surface area contributed by atoms with E-state index in [-0.39, 0.29) is 18.1 Å². The van der Waals surface area contributed by atoms with Crippen molar-refractivity contribution in [2.75, 3.05) is 27.4 Å². The molecule has 7 nitrogen and oxygen atoms in total. The zero-order valence-electron chi connectivity index (χ0n) is 18.0. The monoisotopic (exact) mass is 451 g/mol. The number of furan rings is 1. The third-order valence-corrected chi connectivity index (χ3v) is 5.78. The molecule has 166 valence electrons. The van der Waals surface area contributed by atoms with Gasteiger partial charge in [0.1, 0.15) is 17.6 Å². The molecule has 2 aromatic heterocycles. The molecule has 0 unspecified atom stereocenters. The van der Waals surface area contributed by atoms with Gasteiger partial charge in [-0.1, -0.05) is 18.2 Å². The van der Waals surface area contributed by atoms with Crippen molar-refractivity contribution in [1.82, 2.24) is 15.2 Å². The van der Waals surface area contributed by atoms with E-state index in [0.717, 1.165) is 30.0 Å². The summed E-state index contributed by atoms with van der Waals surface area (Å²) < 4.78 is 16.4. The molecule has 4 rings (SSSR count). The zero-order chi connectivity index (χ0) is 22.5. The molecule has 0 aliphatic carbocycles. The Morgan fingerprint density at radius 1 is 1.19 bits per heavy atom. The lowest BCUT2D eigenvalue weighted by Crippen LogP contribution is -2.31. The van der Waals surface area contributed by atoms with Crippen molar-refractivity contribution in [2.24, 2.45) is 0 Å². The summed E-state index contributed by atoms with van der Waals surface area (Å²) in [7, 11) is 3.06. The van der Waals surface area contributed by atoms with Crippen LogP contribution in [-0.4, -0.2) is 48.3 Å². The molecule has 0 amide bonds. The molecule has 1 N–H and O–H groups in total. The van der Waals surface area contributed by atoms with Crippen molar-refractivity contribution >= 4 is 23.3 Å². The fourth-order valence-electron chi connectivity index (χ4n) is 3.92. The minimum Gasteiger partial charge on any atom is -0.465 e. The van der Waals surface area contributed by atoms with E-state index in [1.807, 2.05) is 42.5 Å². The van der Waals surface area contributed by atoms with Crippen molar-refractivity contribution in [1.29, 1.82) is 0 Å². The topological polar surface area (TPSA) is 76.8 Å². The van der Waals surface area contributed by atoms with Crippen LogP contribution in [0.5, 0.6) is 0 Å². The number of ether oxygens (including phenoxy) is 2. The van der Waals surface area contributed by atoms with E-state index in [0.29, 0.717) is 23.0 Å². The van der Waals surface area contributed by atoms with E-state index in [1.165, 1.54) is 7.11 Å². The second kappa shape index (κ2) is 9.93. The van der Waals surface area contributed by atoms with Gasteiger partial charge in [-0.05, 0) is 55.0 Å². The Morgan fingerprint density at radius 2 is 2.06 bits per heavy atom. The number of aromatic nitrogens is 1. The maximum atomic E-state index is 11.9. The van der Waals surface area contributed by atoms with E-state index < -0.39 is 0 Å². The van der Waals surface area contributed by atoms with Crippen molar-refractivity contribution in [3.63, 3.8) is 0 Å². The Bertz CT molecular complexity index is 1090. The lowest BCUT2D eigenvalue weighted by Gasteiger charge is -2.26. The minimum atomic E-state index is -0.386. The molecule has 1 saturated heterocycles. The predicted octanol–water partition coefficient (Wildman–Crippen LogP) is 4.14. The van der Waals surface area contributed by atoms with E-state index in [1.54, 1.807) is 25.4 Å². The standard InChI is InChI=1S/C24H25N3O4S/c1-29-14-6-13-27-22(21(26-24(27)32)18-9-3-4-12-25-18)20-11-10-19(31-20)16-7-5-8-17(15-16)23(28)30-2/h3-5,7-12,15,21-22H,6,13-14H2,1-2H3,(H,26,32)/t21-,22-/m0/s1. The summed E-state index contributed by atoms with van der Waals surface area (Å²) in [5.41, 5.74) is 2.16. The van der Waals surface area contributed by atoms with Gasteiger partial charge >= 0.3 is 5.97 Å². The van der Waals surface area contributed by atoms with E-state index >= 15 is 0 Å². The van der Waals surface area contributed by atoms with E-state index in [2.05, 4.69) is 15.2 Å². The van der Waals surface area contributed by atoms with Crippen LogP contribution >= 0.6 is 12.2 Å². The normalized spacial score (nSPS) is 17.9. The summed E-state index contributed by atoms with van der Waals surface area (Å²) in [6.45, 7) is 1.37. The highest BCUT2D eigenvalue weighted by atomic mass is 32.1. The average Bonchev–Trinajstić information content (AvgIpc) is 3.44. The fourth-order valence-corrected chi connectivity index (χ4v) is 4.25. The first-order valence-electron chi connectivity index (χ1n) is 10.4. The Labute approximate surface area is 192 Å². The van der Waals surface area contributed by atoms with Crippen LogP contribution in [-0.2, 0) is 9.47 Å². The van der Waals surface area contributed by atoms with Crippen LogP contribution in [0.2, 0.25) is 0 Å². The highest BCUT2D eigenvalue weighted by molar-refractivity contribution is 7.80. The SMILES string of the molecule is COCCCN1C(=S)N[C@@H](c2ccccn2)[C@@H]1c1ccc(-c2cccc(C(=O)OC)c2)o1. The number of pyridine rings is 1. The maximum Gasteiger partial charge on any atom is 0.337 e. The van der Waals surface area contributed by atoms with Gasteiger partial charge < -0.3 is 24.1 Å². The summed E-state index contributed by atoms with van der Waals surface area (Å²) in [5.74, 6) is 1.05. The summed E-state index contributed by atoms with van der Waals surface area (Å²) in [6.07, 6.45) is 2.61. The summed E-state index contributed by atoms with van der Waals surface area (Å²) in [5, 5.41) is 4.07. The number of nitrogens with zero attached hydrogens (tertiary/aromatic N) is 2. The highest BCUT2D eigenvalue weighted by Gasteiger charge is 2.41. The number of esters is 1. The highest BCUT2D eigenvalue weighted by Crippen LogP contribution is 2.40. The third kappa shape index (κ3) is 4.51. The summed E-state index contributed by atoms with van der Waals surface area (Å²) in [6, 6.07) is 16.6. The molecular weight excluding hydrogens is 426 g/mol. The summed E-state index contributed by atoms with van der Waals surface area (Å²) in [4.78, 5) is 18.6. The number of thiocarbonyl (C=S) groups is 1. The summed E-state index contributed by atoms with van der Waals surface area (Å²) >= 11 is 5.66. The molecular formula is C24H25N3O4S. The Kier molecular flexibility index (Phi) is 6.82. The Hall–Kier alpha value is -3.23. The quantitative estimate of drug-likeness (QED) is 0.311. The number of methoxy groups -OCH3 is 2. The van der Waals surface area contributed by atoms with Gasteiger partial charge in [-0.15, -0.1) is 0 Å². The van der Waals surface area contributed by atoms with Gasteiger partial charge in [-0.2, -0.15) is 0 Å². The number of carbonyl (C=O) groups excluding carboxylic acids is 1. The molecule has 0 bridgehead atoms. The second-order valence-corrected chi connectivity index (χ2v) is 7.83. The largest absolute Gasteiger partial charge is 0.465 e. The molecule has 8 heteroatoms. The molecule has 1 aliphatic rings. The smallest absolute Gasteiger partial charge is 0.337 e. The van der Waals surface area contributed by atoms with Gasteiger partial charge in [0.05, 0.1) is 24.4 Å². The number of carbonyl (C=O) groups is 1. The first kappa shape index (κ1) is 22.0. The molecule has 3 heterocycles. The van der Waals surface area contributed by atoms with E-state index in [4.69, 9.17) is 26.1 Å². The first-order chi connectivity index (χ1) is 15.6. The number of nitrogens with one attached hydrogen (secondary N) is 1. The van der Waals surface area contributed by atoms with Crippen LogP contribution in [0.4, 0.5) is 0 Å². The molecule has 1 fully saturated rings. The van der Waals surface area contributed by atoms with Crippen LogP contribution < -0.4 is 5.32 Å². The van der Waals surface area contributed by atoms with Gasteiger partial charge in [-0.3, -0.25) is 4.98 Å². The molecule has 0 spiro atoms. The number of benzene rings is 1. The predicted molar refractivity (Wildman–Crippen MR) is 124 cm³/mol. The van der Waals surface area contributed by atoms with Crippen LogP contribution in [0, 0.1) is 0 Å². The van der Waals surface area contributed by atoms with Crippen LogP contribution in [0.15, 0.2) is 65.2 Å². The van der Waals surface area contributed by atoms with Gasteiger partial charge in [0.15, 0.2) is 5.11 Å². The third-order valence-electron chi connectivity index (χ3n) is 5.43. The molecule has 1 aromatic carbocycles. The first-order valence-corrected chi connectivity index (χ1v) is 10.8. The van der Waals surface area contributed by atoms with Crippen LogP contribution in [0.3, 0.4) is 0 Å². The Morgan fingerprint density at radius 3 is 2.81 bits per heavy atom. The van der Waals surface area contributed by atoms with Gasteiger partial charge in [0.2, 0.25) is 0 Å². The molecule has 2 atom stereocenters. The molecule has 1 aliphatic heterocycles. The van der Waals surface area contributed by atoms with Crippen LogP contribution in [0.25, 0.3) is 11.3 Å². The van der Waals surface area contributed by atoms with Crippen molar-refractivity contribution in [3.05, 3.63) is 77.8 Å². The molecule has 0 saturated carbocycles. The lowest BCUT2D eigenvalue weighted by atomic mass is 10.0. The number of rotatable bonds is 8. The van der Waals surface area contributed by atoms with Gasteiger partial charge in [0.25, 0.3) is 0 Å². The number of hydrogen-bond acceptors (Lipinski definition) is 6. The molecule has 3 aromatic rings. The van der Waals surface area contributed by atoms with Gasteiger partial charge in [0, 0.05) is 32.0 Å². The average molecular weight is 452 g/mol. The van der Waals surface area contributed by atoms with Crippen molar-refractivity contribution in [3.8, 4) is 11.3 Å². The lowest BCUT2D eigenvalue weighted by molar-refractivity contribution is 0.0601. The molecule has 32 heavy (non-hydrogen) atoms. The Balaban J connectivity index is 1.67. The maximum absolute atomic E-state index is 11.9. The van der Waals surface area contributed by atoms with Crippen LogP contribution in [0.1, 0.15) is 40.3 Å². The van der Waals surface area contributed by atoms with Crippen molar-refractivity contribution < 1.29 is 18.7 Å². The minimum absolute atomic E-state index is 0.147. The fraction of sp³-hybridized carbons (Fsp3) is 0.292. The zero-order valence-corrected chi connectivity index (χ0v) is 18.8. The van der Waals surface area contributed by atoms with Gasteiger partial charge in [-0.25, -0.2) is 4.79 Å². The van der Waals surface area contributed by atoms with Crippen molar-refractivity contribution in [2.45, 2.75) is 18.5 Å². The van der Waals surface area contributed by atoms with E-state index in [9.17, 15) is 4.79 Å². The molecule has 0 radical (unpaired) electrons. The number of hydrogen-bond donors (Lipinski definition) is 1.